The second-order valence-corrected chi connectivity index (χ2v) is 4.72. The van der Waals surface area contributed by atoms with Crippen LogP contribution in [0.4, 0.5) is 26.3 Å². The Hall–Kier alpha value is -2.58. The number of alkyl halides is 6. The highest BCUT2D eigenvalue weighted by Crippen LogP contribution is 2.32. The molecule has 0 amide bonds. The van der Waals surface area contributed by atoms with E-state index >= 15 is 0 Å². The van der Waals surface area contributed by atoms with Gasteiger partial charge >= 0.3 is 12.4 Å². The largest absolute Gasteiger partial charge is 0.433 e. The molecule has 0 aliphatic heterocycles. The van der Waals surface area contributed by atoms with Gasteiger partial charge in [-0.25, -0.2) is 4.98 Å². The molecular weight excluding hydrogens is 324 g/mol. The monoisotopic (exact) mass is 331 g/mol. The Morgan fingerprint density at radius 1 is 0.783 bits per heavy atom. The first-order chi connectivity index (χ1) is 10.7. The zero-order valence-electron chi connectivity index (χ0n) is 11.2. The summed E-state index contributed by atoms with van der Waals surface area (Å²) in [6.45, 7) is 0. The third kappa shape index (κ3) is 2.86. The molecule has 3 nitrogen and oxygen atoms in total. The molecule has 0 aliphatic carbocycles. The minimum absolute atomic E-state index is 0.00649. The molecule has 9 heteroatoms. The second kappa shape index (κ2) is 4.97. The van der Waals surface area contributed by atoms with Crippen molar-refractivity contribution in [2.45, 2.75) is 12.4 Å². The zero-order valence-corrected chi connectivity index (χ0v) is 11.2. The van der Waals surface area contributed by atoms with Crippen molar-refractivity contribution in [1.82, 2.24) is 14.4 Å². The highest BCUT2D eigenvalue weighted by atomic mass is 19.4. The molecule has 0 radical (unpaired) electrons. The number of imidazole rings is 1. The van der Waals surface area contributed by atoms with Gasteiger partial charge in [0.05, 0.1) is 23.7 Å². The van der Waals surface area contributed by atoms with Crippen LogP contribution in [0.1, 0.15) is 11.3 Å². The Kier molecular flexibility index (Phi) is 3.31. The van der Waals surface area contributed by atoms with E-state index in [-0.39, 0.29) is 16.9 Å². The van der Waals surface area contributed by atoms with Crippen LogP contribution in [-0.4, -0.2) is 14.4 Å². The smallest absolute Gasteiger partial charge is 0.292 e. The quantitative estimate of drug-likeness (QED) is 0.617. The summed E-state index contributed by atoms with van der Waals surface area (Å²) in [5.74, 6) is 0. The van der Waals surface area contributed by atoms with E-state index in [0.717, 1.165) is 41.1 Å². The van der Waals surface area contributed by atoms with E-state index in [0.29, 0.717) is 6.20 Å². The first-order valence-corrected chi connectivity index (χ1v) is 6.24. The molecule has 0 saturated heterocycles. The summed E-state index contributed by atoms with van der Waals surface area (Å²) in [4.78, 5) is 7.53. The van der Waals surface area contributed by atoms with E-state index in [1.807, 2.05) is 0 Å². The van der Waals surface area contributed by atoms with E-state index in [4.69, 9.17) is 0 Å². The number of aromatic nitrogens is 3. The van der Waals surface area contributed by atoms with Gasteiger partial charge in [0, 0.05) is 11.8 Å². The van der Waals surface area contributed by atoms with Gasteiger partial charge in [-0.1, -0.05) is 12.1 Å². The normalized spacial score (nSPS) is 12.8. The van der Waals surface area contributed by atoms with Crippen molar-refractivity contribution < 1.29 is 26.3 Å². The zero-order chi connectivity index (χ0) is 16.8. The molecule has 120 valence electrons. The van der Waals surface area contributed by atoms with Crippen LogP contribution in [0, 0.1) is 0 Å². The van der Waals surface area contributed by atoms with Gasteiger partial charge in [0.15, 0.2) is 5.65 Å². The molecule has 0 atom stereocenters. The summed E-state index contributed by atoms with van der Waals surface area (Å²) in [6, 6.07) is 4.00. The fourth-order valence-corrected chi connectivity index (χ4v) is 2.08. The first-order valence-electron chi connectivity index (χ1n) is 6.24. The van der Waals surface area contributed by atoms with Gasteiger partial charge in [0.2, 0.25) is 0 Å². The molecule has 0 unspecified atom stereocenters. The minimum Gasteiger partial charge on any atom is -0.292 e. The maximum atomic E-state index is 12.9. The maximum Gasteiger partial charge on any atom is 0.433 e. The summed E-state index contributed by atoms with van der Waals surface area (Å²) in [6.07, 6.45) is -6.19. The first kappa shape index (κ1) is 15.3. The third-order valence-corrected chi connectivity index (χ3v) is 3.19. The fraction of sp³-hybridized carbons (Fsp3) is 0.143. The lowest BCUT2D eigenvalue weighted by Crippen LogP contribution is -2.09. The van der Waals surface area contributed by atoms with Crippen molar-refractivity contribution in [2.75, 3.05) is 0 Å². The number of hydrogen-bond acceptors (Lipinski definition) is 2. The van der Waals surface area contributed by atoms with Crippen LogP contribution >= 0.6 is 0 Å². The minimum atomic E-state index is -4.60. The van der Waals surface area contributed by atoms with E-state index in [9.17, 15) is 26.3 Å². The number of fused-ring (bicyclic) bond motifs is 1. The molecule has 0 bridgehead atoms. The molecule has 0 spiro atoms. The molecule has 0 N–H and O–H groups in total. The number of nitrogens with zero attached hydrogens (tertiary/aromatic N) is 3. The SMILES string of the molecule is FC(F)(F)c1ccc(-c2cn3c(C(F)(F)F)cnc3cn2)cc1. The molecule has 1 aromatic carbocycles. The van der Waals surface area contributed by atoms with Crippen LogP contribution in [0.15, 0.2) is 42.9 Å². The van der Waals surface area contributed by atoms with Crippen molar-refractivity contribution in [3.05, 3.63) is 54.1 Å². The fourth-order valence-electron chi connectivity index (χ4n) is 2.08. The Morgan fingerprint density at radius 2 is 1.43 bits per heavy atom. The van der Waals surface area contributed by atoms with Crippen molar-refractivity contribution in [2.24, 2.45) is 0 Å². The molecule has 3 rings (SSSR count). The average Bonchev–Trinajstić information content (AvgIpc) is 2.89. The van der Waals surface area contributed by atoms with Gasteiger partial charge in [-0.2, -0.15) is 26.3 Å². The summed E-state index contributed by atoms with van der Waals surface area (Å²) in [5, 5.41) is 0. The van der Waals surface area contributed by atoms with Gasteiger partial charge in [0.25, 0.3) is 0 Å². The topological polar surface area (TPSA) is 30.2 Å². The Morgan fingerprint density at radius 3 is 2.00 bits per heavy atom. The van der Waals surface area contributed by atoms with Crippen LogP contribution in [-0.2, 0) is 12.4 Å². The van der Waals surface area contributed by atoms with Gasteiger partial charge < -0.3 is 0 Å². The molecule has 0 saturated carbocycles. The van der Waals surface area contributed by atoms with Crippen molar-refractivity contribution in [3.63, 3.8) is 0 Å². The second-order valence-electron chi connectivity index (χ2n) is 4.72. The number of hydrogen-bond donors (Lipinski definition) is 0. The molecule has 23 heavy (non-hydrogen) atoms. The highest BCUT2D eigenvalue weighted by molar-refractivity contribution is 5.60. The van der Waals surface area contributed by atoms with Crippen LogP contribution < -0.4 is 0 Å². The molecule has 2 aromatic heterocycles. The third-order valence-electron chi connectivity index (χ3n) is 3.19. The Labute approximate surface area is 125 Å². The predicted molar refractivity (Wildman–Crippen MR) is 68.4 cm³/mol. The molecule has 3 aromatic rings. The predicted octanol–water partition coefficient (Wildman–Crippen LogP) is 4.43. The lowest BCUT2D eigenvalue weighted by Gasteiger charge is -2.09. The van der Waals surface area contributed by atoms with Crippen LogP contribution in [0.2, 0.25) is 0 Å². The highest BCUT2D eigenvalue weighted by Gasteiger charge is 2.34. The summed E-state index contributed by atoms with van der Waals surface area (Å²) in [7, 11) is 0. The van der Waals surface area contributed by atoms with Crippen molar-refractivity contribution >= 4 is 5.65 Å². The molecule has 0 aliphatic rings. The molecule has 0 fully saturated rings. The summed E-state index contributed by atoms with van der Waals surface area (Å²) in [5.41, 5.74) is -1.46. The van der Waals surface area contributed by atoms with Crippen LogP contribution in [0.5, 0.6) is 0 Å². The van der Waals surface area contributed by atoms with Crippen molar-refractivity contribution in [3.8, 4) is 11.3 Å². The lowest BCUT2D eigenvalue weighted by molar-refractivity contribution is -0.141. The standard InChI is InChI=1S/C14H7F6N3/c15-13(16,17)9-3-1-8(2-4-9)10-7-23-11(14(18,19)20)5-22-12(23)6-21-10/h1-7H. The Balaban J connectivity index is 2.07. The number of halogens is 6. The Bertz CT molecular complexity index is 846. The van der Waals surface area contributed by atoms with Gasteiger partial charge in [-0.15, -0.1) is 0 Å². The van der Waals surface area contributed by atoms with E-state index in [2.05, 4.69) is 9.97 Å². The average molecular weight is 331 g/mol. The maximum absolute atomic E-state index is 12.9. The van der Waals surface area contributed by atoms with Crippen molar-refractivity contribution in [1.29, 1.82) is 0 Å². The summed E-state index contributed by atoms with van der Waals surface area (Å²) < 4.78 is 77.0. The lowest BCUT2D eigenvalue weighted by atomic mass is 10.1. The van der Waals surface area contributed by atoms with Gasteiger partial charge in [-0.05, 0) is 12.1 Å². The van der Waals surface area contributed by atoms with Crippen LogP contribution in [0.3, 0.4) is 0 Å². The van der Waals surface area contributed by atoms with Gasteiger partial charge in [-0.3, -0.25) is 9.38 Å². The van der Waals surface area contributed by atoms with E-state index in [1.165, 1.54) is 0 Å². The molecule has 2 heterocycles. The molecular formula is C14H7F6N3. The number of rotatable bonds is 1. The van der Waals surface area contributed by atoms with E-state index in [1.54, 1.807) is 0 Å². The van der Waals surface area contributed by atoms with Crippen LogP contribution in [0.25, 0.3) is 16.9 Å². The van der Waals surface area contributed by atoms with E-state index < -0.39 is 23.6 Å². The summed E-state index contributed by atoms with van der Waals surface area (Å²) >= 11 is 0. The van der Waals surface area contributed by atoms with Gasteiger partial charge in [0.1, 0.15) is 5.69 Å². The number of benzene rings is 1.